The van der Waals surface area contributed by atoms with Crippen LogP contribution < -0.4 is 4.74 Å². The van der Waals surface area contributed by atoms with Crippen LogP contribution in [-0.2, 0) is 12.2 Å². The van der Waals surface area contributed by atoms with E-state index in [-0.39, 0.29) is 16.5 Å². The molecule has 4 nitrogen and oxygen atoms in total. The van der Waals surface area contributed by atoms with Crippen molar-refractivity contribution >= 4 is 29.3 Å². The summed E-state index contributed by atoms with van der Waals surface area (Å²) in [6.07, 6.45) is 2.24. The molecule has 0 saturated carbocycles. The van der Waals surface area contributed by atoms with Gasteiger partial charge >= 0.3 is 5.97 Å². The molecule has 1 aromatic heterocycles. The van der Waals surface area contributed by atoms with Crippen LogP contribution in [0.25, 0.3) is 0 Å². The van der Waals surface area contributed by atoms with Crippen LogP contribution in [-0.4, -0.2) is 15.9 Å². The monoisotopic (exact) mass is 402 g/mol. The van der Waals surface area contributed by atoms with Gasteiger partial charge in [0.1, 0.15) is 11.6 Å². The molecular weight excluding hydrogens is 387 g/mol. The van der Waals surface area contributed by atoms with Gasteiger partial charge in [0.25, 0.3) is 0 Å². The molecular formula is C20H16ClFN2O2S. The molecule has 0 fully saturated rings. The third-order valence-electron chi connectivity index (χ3n) is 3.77. The molecule has 2 aromatic carbocycles. The summed E-state index contributed by atoms with van der Waals surface area (Å²) >= 11 is 7.26. The van der Waals surface area contributed by atoms with Crippen molar-refractivity contribution in [1.29, 1.82) is 0 Å². The molecule has 0 atom stereocenters. The number of carbonyl (C=O) groups is 1. The van der Waals surface area contributed by atoms with Crippen molar-refractivity contribution in [1.82, 2.24) is 9.97 Å². The predicted octanol–water partition coefficient (Wildman–Crippen LogP) is 5.34. The first-order valence-corrected chi connectivity index (χ1v) is 9.63. The van der Waals surface area contributed by atoms with Gasteiger partial charge in [0.2, 0.25) is 0 Å². The van der Waals surface area contributed by atoms with Crippen molar-refractivity contribution in [2.45, 2.75) is 24.3 Å². The highest BCUT2D eigenvalue weighted by Gasteiger charge is 2.17. The predicted molar refractivity (Wildman–Crippen MR) is 104 cm³/mol. The lowest BCUT2D eigenvalue weighted by Gasteiger charge is -2.07. The van der Waals surface area contributed by atoms with Gasteiger partial charge in [0.15, 0.2) is 10.9 Å². The van der Waals surface area contributed by atoms with Crippen LogP contribution >= 0.6 is 23.4 Å². The van der Waals surface area contributed by atoms with Crippen LogP contribution in [0.3, 0.4) is 0 Å². The number of aromatic nitrogens is 2. The van der Waals surface area contributed by atoms with Gasteiger partial charge in [-0.25, -0.2) is 19.2 Å². The normalized spacial score (nSPS) is 10.6. The first-order chi connectivity index (χ1) is 13.1. The van der Waals surface area contributed by atoms with Crippen molar-refractivity contribution in [3.63, 3.8) is 0 Å². The van der Waals surface area contributed by atoms with Gasteiger partial charge in [0.05, 0.1) is 11.2 Å². The highest BCUT2D eigenvalue weighted by atomic mass is 35.5. The van der Waals surface area contributed by atoms with E-state index in [9.17, 15) is 9.18 Å². The minimum absolute atomic E-state index is 0.0257. The molecule has 138 valence electrons. The molecule has 0 N–H and O–H groups in total. The van der Waals surface area contributed by atoms with Crippen LogP contribution in [0.1, 0.15) is 28.5 Å². The Labute approximate surface area is 165 Å². The molecule has 0 radical (unpaired) electrons. The number of nitrogens with zero attached hydrogens (tertiary/aromatic N) is 2. The Kier molecular flexibility index (Phi) is 6.42. The Hall–Kier alpha value is -2.44. The second-order valence-electron chi connectivity index (χ2n) is 5.62. The van der Waals surface area contributed by atoms with E-state index in [1.54, 1.807) is 30.3 Å². The van der Waals surface area contributed by atoms with Crippen molar-refractivity contribution in [3.8, 4) is 5.75 Å². The van der Waals surface area contributed by atoms with Gasteiger partial charge in [-0.1, -0.05) is 60.6 Å². The minimum Gasteiger partial charge on any atom is -0.422 e. The lowest BCUT2D eigenvalue weighted by atomic mass is 10.2. The van der Waals surface area contributed by atoms with Crippen LogP contribution in [0.15, 0.2) is 59.9 Å². The highest BCUT2D eigenvalue weighted by molar-refractivity contribution is 7.98. The maximum Gasteiger partial charge on any atom is 0.364 e. The van der Waals surface area contributed by atoms with E-state index in [0.717, 1.165) is 12.0 Å². The van der Waals surface area contributed by atoms with E-state index in [2.05, 4.69) is 9.97 Å². The van der Waals surface area contributed by atoms with E-state index in [1.165, 1.54) is 24.0 Å². The second kappa shape index (κ2) is 8.97. The average Bonchev–Trinajstić information content (AvgIpc) is 2.69. The second-order valence-corrected chi connectivity index (χ2v) is 6.97. The van der Waals surface area contributed by atoms with Gasteiger partial charge in [-0.3, -0.25) is 0 Å². The zero-order valence-electron chi connectivity index (χ0n) is 14.5. The lowest BCUT2D eigenvalue weighted by Crippen LogP contribution is -2.12. The number of aryl methyl sites for hydroxylation is 1. The average molecular weight is 403 g/mol. The van der Waals surface area contributed by atoms with E-state index in [1.807, 2.05) is 19.1 Å². The van der Waals surface area contributed by atoms with Crippen LogP contribution in [0, 0.1) is 5.82 Å². The SMILES string of the molecule is CCc1ccc(OC(=O)c2nc(SCc3ccccc3F)ncc2Cl)cc1. The molecule has 0 aliphatic rings. The van der Waals surface area contributed by atoms with Crippen molar-refractivity contribution < 1.29 is 13.9 Å². The maximum absolute atomic E-state index is 13.7. The molecule has 0 aliphatic heterocycles. The quantitative estimate of drug-likeness (QED) is 0.241. The summed E-state index contributed by atoms with van der Waals surface area (Å²) < 4.78 is 19.0. The largest absolute Gasteiger partial charge is 0.422 e. The first-order valence-electron chi connectivity index (χ1n) is 8.26. The minimum atomic E-state index is -0.667. The number of halogens is 2. The van der Waals surface area contributed by atoms with E-state index < -0.39 is 5.97 Å². The fraction of sp³-hybridized carbons (Fsp3) is 0.150. The summed E-state index contributed by atoms with van der Waals surface area (Å²) in [5.74, 6) is -0.220. The Bertz CT molecular complexity index is 951. The number of esters is 1. The van der Waals surface area contributed by atoms with Gasteiger partial charge in [-0.05, 0) is 35.7 Å². The molecule has 0 saturated heterocycles. The fourth-order valence-electron chi connectivity index (χ4n) is 2.27. The van der Waals surface area contributed by atoms with Gasteiger partial charge in [0, 0.05) is 5.75 Å². The van der Waals surface area contributed by atoms with E-state index in [0.29, 0.717) is 22.2 Å². The molecule has 0 spiro atoms. The summed E-state index contributed by atoms with van der Waals surface area (Å²) in [5, 5.41) is 0.413. The summed E-state index contributed by atoms with van der Waals surface area (Å²) in [7, 11) is 0. The maximum atomic E-state index is 13.7. The zero-order chi connectivity index (χ0) is 19.2. The Balaban J connectivity index is 1.72. The molecule has 0 bridgehead atoms. The van der Waals surface area contributed by atoms with Crippen molar-refractivity contribution in [3.05, 3.63) is 82.4 Å². The van der Waals surface area contributed by atoms with Crippen LogP contribution in [0.4, 0.5) is 4.39 Å². The summed E-state index contributed by atoms with van der Waals surface area (Å²) in [4.78, 5) is 20.7. The summed E-state index contributed by atoms with van der Waals surface area (Å²) in [6, 6.07) is 13.7. The van der Waals surface area contributed by atoms with E-state index in [4.69, 9.17) is 16.3 Å². The number of thioether (sulfide) groups is 1. The third-order valence-corrected chi connectivity index (χ3v) is 4.96. The van der Waals surface area contributed by atoms with Crippen molar-refractivity contribution in [2.75, 3.05) is 0 Å². The molecule has 0 aliphatic carbocycles. The highest BCUT2D eigenvalue weighted by Crippen LogP contribution is 2.24. The van der Waals surface area contributed by atoms with Crippen LogP contribution in [0.2, 0.25) is 5.02 Å². The number of carbonyl (C=O) groups excluding carboxylic acids is 1. The molecule has 7 heteroatoms. The Morgan fingerprint density at radius 2 is 1.93 bits per heavy atom. The van der Waals surface area contributed by atoms with Crippen LogP contribution in [0.5, 0.6) is 5.75 Å². The summed E-state index contributed by atoms with van der Waals surface area (Å²) in [6.45, 7) is 2.04. The first kappa shape index (κ1) is 19.3. The number of hydrogen-bond acceptors (Lipinski definition) is 5. The number of rotatable bonds is 6. The standard InChI is InChI=1S/C20H16ClFN2O2S/c1-2-13-7-9-15(10-8-13)26-19(25)18-16(21)11-23-20(24-18)27-12-14-5-3-4-6-17(14)22/h3-11H,2,12H2,1H3. The lowest BCUT2D eigenvalue weighted by molar-refractivity contribution is 0.0727. The number of benzene rings is 2. The zero-order valence-corrected chi connectivity index (χ0v) is 16.1. The number of ether oxygens (including phenoxy) is 1. The smallest absolute Gasteiger partial charge is 0.364 e. The molecule has 27 heavy (non-hydrogen) atoms. The fourth-order valence-corrected chi connectivity index (χ4v) is 3.24. The molecule has 0 unspecified atom stereocenters. The molecule has 0 amide bonds. The third kappa shape index (κ3) is 5.05. The summed E-state index contributed by atoms with van der Waals surface area (Å²) in [5.41, 5.74) is 1.64. The van der Waals surface area contributed by atoms with Crippen molar-refractivity contribution in [2.24, 2.45) is 0 Å². The Morgan fingerprint density at radius 1 is 1.19 bits per heavy atom. The molecule has 3 aromatic rings. The van der Waals surface area contributed by atoms with Gasteiger partial charge in [-0.15, -0.1) is 0 Å². The van der Waals surface area contributed by atoms with Gasteiger partial charge < -0.3 is 4.74 Å². The molecule has 1 heterocycles. The Morgan fingerprint density at radius 3 is 2.63 bits per heavy atom. The van der Waals surface area contributed by atoms with E-state index >= 15 is 0 Å². The molecule has 3 rings (SSSR count). The topological polar surface area (TPSA) is 52.1 Å². The van der Waals surface area contributed by atoms with Gasteiger partial charge in [-0.2, -0.15) is 0 Å². The number of hydrogen-bond donors (Lipinski definition) is 0.